The van der Waals surface area contributed by atoms with Crippen LogP contribution in [-0.4, -0.2) is 17.6 Å². The first-order chi connectivity index (χ1) is 12.2. The van der Waals surface area contributed by atoms with Gasteiger partial charge in [0.05, 0.1) is 12.1 Å². The van der Waals surface area contributed by atoms with E-state index in [1.54, 1.807) is 19.2 Å². The molecule has 0 amide bonds. The lowest BCUT2D eigenvalue weighted by Crippen LogP contribution is -2.02. The molecule has 1 N–H and O–H groups in total. The molecule has 3 nitrogen and oxygen atoms in total. The van der Waals surface area contributed by atoms with Gasteiger partial charge in [-0.1, -0.05) is 44.2 Å². The van der Waals surface area contributed by atoms with Crippen LogP contribution in [0.3, 0.4) is 0 Å². The zero-order valence-electron chi connectivity index (χ0n) is 14.7. The van der Waals surface area contributed by atoms with E-state index in [2.05, 4.69) is 4.98 Å². The SMILES string of the molecule is CC.CCOC(=O)/C=C(/c1ccccc1)c1cc(F)c2[nH]ccc2c1. The van der Waals surface area contributed by atoms with Gasteiger partial charge in [-0.3, -0.25) is 0 Å². The topological polar surface area (TPSA) is 42.1 Å². The highest BCUT2D eigenvalue weighted by Gasteiger charge is 2.12. The third-order valence-corrected chi connectivity index (χ3v) is 3.56. The summed E-state index contributed by atoms with van der Waals surface area (Å²) in [6, 6.07) is 14.5. The van der Waals surface area contributed by atoms with Gasteiger partial charge in [0, 0.05) is 17.7 Å². The number of carbonyl (C=O) groups is 1. The van der Waals surface area contributed by atoms with Crippen molar-refractivity contribution < 1.29 is 13.9 Å². The molecule has 0 aliphatic rings. The van der Waals surface area contributed by atoms with Crippen molar-refractivity contribution in [2.45, 2.75) is 20.8 Å². The van der Waals surface area contributed by atoms with Crippen molar-refractivity contribution in [1.82, 2.24) is 4.98 Å². The zero-order chi connectivity index (χ0) is 18.2. The van der Waals surface area contributed by atoms with E-state index in [1.165, 1.54) is 12.1 Å². The minimum atomic E-state index is -0.444. The number of H-pyrrole nitrogens is 1. The number of nitrogens with one attached hydrogen (secondary N) is 1. The highest BCUT2D eigenvalue weighted by Crippen LogP contribution is 2.28. The van der Waals surface area contributed by atoms with Crippen LogP contribution in [0.5, 0.6) is 0 Å². The van der Waals surface area contributed by atoms with E-state index in [9.17, 15) is 9.18 Å². The second kappa shape index (κ2) is 8.83. The lowest BCUT2D eigenvalue weighted by molar-refractivity contribution is -0.137. The summed E-state index contributed by atoms with van der Waals surface area (Å²) in [6.07, 6.45) is 3.10. The van der Waals surface area contributed by atoms with Crippen LogP contribution < -0.4 is 0 Å². The molecule has 1 heterocycles. The number of aromatic nitrogens is 1. The largest absolute Gasteiger partial charge is 0.463 e. The summed E-state index contributed by atoms with van der Waals surface area (Å²) in [5.74, 6) is -0.797. The van der Waals surface area contributed by atoms with Crippen LogP contribution in [0, 0.1) is 5.82 Å². The summed E-state index contributed by atoms with van der Waals surface area (Å²) in [5, 5.41) is 0.755. The number of fused-ring (bicyclic) bond motifs is 1. The van der Waals surface area contributed by atoms with Crippen LogP contribution in [0.1, 0.15) is 31.9 Å². The van der Waals surface area contributed by atoms with Crippen molar-refractivity contribution in [1.29, 1.82) is 0 Å². The third-order valence-electron chi connectivity index (χ3n) is 3.56. The first kappa shape index (κ1) is 18.5. The van der Waals surface area contributed by atoms with E-state index >= 15 is 0 Å². The Bertz CT molecular complexity index is 866. The van der Waals surface area contributed by atoms with Crippen LogP contribution in [0.25, 0.3) is 16.5 Å². The fourth-order valence-corrected chi connectivity index (χ4v) is 2.53. The monoisotopic (exact) mass is 339 g/mol. The first-order valence-electron chi connectivity index (χ1n) is 8.40. The van der Waals surface area contributed by atoms with Gasteiger partial charge in [0.2, 0.25) is 0 Å². The van der Waals surface area contributed by atoms with Crippen LogP contribution in [0.2, 0.25) is 0 Å². The summed E-state index contributed by atoms with van der Waals surface area (Å²) in [6.45, 7) is 6.04. The summed E-state index contributed by atoms with van der Waals surface area (Å²) >= 11 is 0. The molecule has 0 atom stereocenters. The molecule has 0 saturated heterocycles. The van der Waals surface area contributed by atoms with Gasteiger partial charge < -0.3 is 9.72 Å². The minimum Gasteiger partial charge on any atom is -0.463 e. The molecule has 4 heteroatoms. The number of hydrogen-bond donors (Lipinski definition) is 1. The third kappa shape index (κ3) is 4.35. The summed E-state index contributed by atoms with van der Waals surface area (Å²) < 4.78 is 19.3. The van der Waals surface area contributed by atoms with E-state index in [0.29, 0.717) is 23.3 Å². The summed E-state index contributed by atoms with van der Waals surface area (Å²) in [7, 11) is 0. The molecule has 0 unspecified atom stereocenters. The Morgan fingerprint density at radius 1 is 1.12 bits per heavy atom. The molecular weight excluding hydrogens is 317 g/mol. The number of rotatable bonds is 4. The quantitative estimate of drug-likeness (QED) is 0.516. The van der Waals surface area contributed by atoms with Crippen molar-refractivity contribution in [3.8, 4) is 0 Å². The molecule has 3 rings (SSSR count). The van der Waals surface area contributed by atoms with Gasteiger partial charge in [0.15, 0.2) is 0 Å². The summed E-state index contributed by atoms with van der Waals surface area (Å²) in [5.41, 5.74) is 2.55. The van der Waals surface area contributed by atoms with Crippen LogP contribution in [0.15, 0.2) is 60.8 Å². The predicted molar refractivity (Wildman–Crippen MR) is 99.8 cm³/mol. The highest BCUT2D eigenvalue weighted by molar-refractivity contribution is 5.98. The van der Waals surface area contributed by atoms with E-state index in [-0.39, 0.29) is 5.82 Å². The van der Waals surface area contributed by atoms with E-state index in [1.807, 2.05) is 50.2 Å². The van der Waals surface area contributed by atoms with Gasteiger partial charge >= 0.3 is 5.97 Å². The lowest BCUT2D eigenvalue weighted by atomic mass is 9.96. The number of ether oxygens (including phenoxy) is 1. The normalized spacial score (nSPS) is 11.0. The highest BCUT2D eigenvalue weighted by atomic mass is 19.1. The van der Waals surface area contributed by atoms with Gasteiger partial charge in [-0.25, -0.2) is 9.18 Å². The predicted octanol–water partition coefficient (Wildman–Crippen LogP) is 5.33. The number of aromatic amines is 1. The molecular formula is C21H22FNO2. The van der Waals surface area contributed by atoms with Crippen molar-refractivity contribution >= 4 is 22.4 Å². The maximum Gasteiger partial charge on any atom is 0.331 e. The maximum absolute atomic E-state index is 14.3. The molecule has 130 valence electrons. The Kier molecular flexibility index (Phi) is 6.52. The Balaban J connectivity index is 0.00000109. The van der Waals surface area contributed by atoms with Crippen molar-refractivity contribution in [2.75, 3.05) is 6.61 Å². The Hall–Kier alpha value is -2.88. The Labute approximate surface area is 147 Å². The van der Waals surface area contributed by atoms with Crippen molar-refractivity contribution in [2.24, 2.45) is 0 Å². The molecule has 0 fully saturated rings. The number of hydrogen-bond acceptors (Lipinski definition) is 2. The molecule has 2 aromatic carbocycles. The van der Waals surface area contributed by atoms with E-state index in [4.69, 9.17) is 4.74 Å². The van der Waals surface area contributed by atoms with Gasteiger partial charge in [-0.05, 0) is 41.8 Å². The first-order valence-corrected chi connectivity index (χ1v) is 8.40. The van der Waals surface area contributed by atoms with Crippen LogP contribution in [-0.2, 0) is 9.53 Å². The molecule has 0 saturated carbocycles. The van der Waals surface area contributed by atoms with Gasteiger partial charge in [0.1, 0.15) is 5.82 Å². The van der Waals surface area contributed by atoms with Gasteiger partial charge in [0.25, 0.3) is 0 Å². The molecule has 0 radical (unpaired) electrons. The van der Waals surface area contributed by atoms with Crippen LogP contribution in [0.4, 0.5) is 4.39 Å². The number of halogens is 1. The van der Waals surface area contributed by atoms with Gasteiger partial charge in [-0.2, -0.15) is 0 Å². The number of carbonyl (C=O) groups excluding carboxylic acids is 1. The Morgan fingerprint density at radius 2 is 1.84 bits per heavy atom. The summed E-state index contributed by atoms with van der Waals surface area (Å²) in [4.78, 5) is 14.8. The molecule has 0 aliphatic heterocycles. The average molecular weight is 339 g/mol. The molecule has 1 aromatic heterocycles. The molecule has 0 spiro atoms. The lowest BCUT2D eigenvalue weighted by Gasteiger charge is -2.09. The molecule has 0 aliphatic carbocycles. The second-order valence-electron chi connectivity index (χ2n) is 5.08. The Morgan fingerprint density at radius 3 is 2.52 bits per heavy atom. The average Bonchev–Trinajstić information content (AvgIpc) is 3.11. The molecule has 0 bridgehead atoms. The standard InChI is InChI=1S/C19H16FNO2.C2H6/c1-2-23-18(22)12-16(13-6-4-3-5-7-13)15-10-14-8-9-21-19(14)17(20)11-15;1-2/h3-12,21H,2H2,1H3;1-2H3/b16-12-;. The van der Waals surface area contributed by atoms with Crippen molar-refractivity contribution in [3.63, 3.8) is 0 Å². The fraction of sp³-hybridized carbons (Fsp3) is 0.190. The smallest absolute Gasteiger partial charge is 0.331 e. The minimum absolute atomic E-state index is 0.294. The van der Waals surface area contributed by atoms with Crippen LogP contribution >= 0.6 is 0 Å². The fourth-order valence-electron chi connectivity index (χ4n) is 2.53. The zero-order valence-corrected chi connectivity index (χ0v) is 14.7. The second-order valence-corrected chi connectivity index (χ2v) is 5.08. The van der Waals surface area contributed by atoms with E-state index in [0.717, 1.165) is 10.9 Å². The number of benzene rings is 2. The van der Waals surface area contributed by atoms with Crippen molar-refractivity contribution in [3.05, 3.63) is 77.7 Å². The number of esters is 1. The molecule has 25 heavy (non-hydrogen) atoms. The maximum atomic E-state index is 14.3. The van der Waals surface area contributed by atoms with Gasteiger partial charge in [-0.15, -0.1) is 0 Å². The van der Waals surface area contributed by atoms with E-state index < -0.39 is 5.97 Å². The molecule has 3 aromatic rings.